The highest BCUT2D eigenvalue weighted by Crippen LogP contribution is 2.49. The Morgan fingerprint density at radius 1 is 1.21 bits per heavy atom. The number of nitrogens with one attached hydrogen (secondary N) is 2. The maximum absolute atomic E-state index is 13.8. The molecule has 1 saturated heterocycles. The molecule has 38 heavy (non-hydrogen) atoms. The first-order valence-electron chi connectivity index (χ1n) is 12.8. The van der Waals surface area contributed by atoms with Gasteiger partial charge in [-0.3, -0.25) is 14.6 Å². The van der Waals surface area contributed by atoms with Gasteiger partial charge in [-0.25, -0.2) is 4.79 Å². The van der Waals surface area contributed by atoms with Gasteiger partial charge >= 0.3 is 12.6 Å². The number of urea groups is 1. The van der Waals surface area contributed by atoms with Gasteiger partial charge in [0.25, 0.3) is 5.91 Å². The number of ether oxygens (including phenoxy) is 1. The molecule has 2 aliphatic heterocycles. The molecule has 5 rings (SSSR count). The van der Waals surface area contributed by atoms with Crippen LogP contribution in [0.15, 0.2) is 42.5 Å². The number of alkyl halides is 2. The van der Waals surface area contributed by atoms with Gasteiger partial charge in [-0.05, 0) is 73.8 Å². The van der Waals surface area contributed by atoms with E-state index in [1.165, 1.54) is 17.0 Å². The van der Waals surface area contributed by atoms with Crippen LogP contribution in [0.2, 0.25) is 0 Å². The summed E-state index contributed by atoms with van der Waals surface area (Å²) < 4.78 is 30.5. The van der Waals surface area contributed by atoms with E-state index in [9.17, 15) is 23.5 Å². The van der Waals surface area contributed by atoms with E-state index in [0.29, 0.717) is 41.0 Å². The lowest BCUT2D eigenvalue weighted by Crippen LogP contribution is -2.53. The van der Waals surface area contributed by atoms with Gasteiger partial charge in [0.2, 0.25) is 0 Å². The minimum Gasteiger partial charge on any atom is -0.508 e. The van der Waals surface area contributed by atoms with E-state index in [2.05, 4.69) is 28.9 Å². The summed E-state index contributed by atoms with van der Waals surface area (Å²) in [5.41, 5.74) is 1.56. The molecule has 1 fully saturated rings. The van der Waals surface area contributed by atoms with Gasteiger partial charge in [-0.2, -0.15) is 8.78 Å². The Bertz CT molecular complexity index is 1370. The number of fused-ring (bicyclic) bond motifs is 4. The van der Waals surface area contributed by atoms with Crippen LogP contribution in [0.1, 0.15) is 50.1 Å². The van der Waals surface area contributed by atoms with E-state index in [1.54, 1.807) is 42.2 Å². The summed E-state index contributed by atoms with van der Waals surface area (Å²) in [6, 6.07) is 10.2. The number of benzene rings is 2. The number of H-pyrrole nitrogens is 1. The molecule has 8 nitrogen and oxygen atoms in total. The molecule has 2 aromatic carbocycles. The molecule has 0 radical (unpaired) electrons. The quantitative estimate of drug-likeness (QED) is 0.275. The van der Waals surface area contributed by atoms with Gasteiger partial charge in [0.15, 0.2) is 0 Å². The molecule has 10 heteroatoms. The minimum atomic E-state index is -2.96. The summed E-state index contributed by atoms with van der Waals surface area (Å²) in [6.45, 7) is 4.82. The van der Waals surface area contributed by atoms with Crippen molar-refractivity contribution in [1.82, 2.24) is 20.1 Å². The highest BCUT2D eigenvalue weighted by molar-refractivity contribution is 6.08. The second-order valence-corrected chi connectivity index (χ2v) is 10.6. The number of phenols is 1. The highest BCUT2D eigenvalue weighted by atomic mass is 19.3. The smallest absolute Gasteiger partial charge is 0.387 e. The molecule has 2 aliphatic rings. The Morgan fingerprint density at radius 2 is 2.00 bits per heavy atom. The Morgan fingerprint density at radius 3 is 2.71 bits per heavy atom. The number of carbonyl (C=O) groups is 2. The van der Waals surface area contributed by atoms with Crippen LogP contribution in [-0.2, 0) is 11.2 Å². The first kappa shape index (κ1) is 26.0. The van der Waals surface area contributed by atoms with Gasteiger partial charge in [-0.1, -0.05) is 26.0 Å². The van der Waals surface area contributed by atoms with Crippen molar-refractivity contribution in [1.29, 1.82) is 0 Å². The predicted molar refractivity (Wildman–Crippen MR) is 138 cm³/mol. The number of halogens is 2. The lowest BCUT2D eigenvalue weighted by Gasteiger charge is -2.42. The molecule has 0 bridgehead atoms. The van der Waals surface area contributed by atoms with E-state index in [4.69, 9.17) is 0 Å². The number of amides is 3. The van der Waals surface area contributed by atoms with Crippen molar-refractivity contribution in [2.45, 2.75) is 51.8 Å². The predicted octanol–water partition coefficient (Wildman–Crippen LogP) is 4.78. The maximum atomic E-state index is 13.8. The second kappa shape index (κ2) is 9.90. The number of phenolic OH excluding ortho intramolecular Hbond substituents is 1. The van der Waals surface area contributed by atoms with Crippen molar-refractivity contribution < 1.29 is 28.2 Å². The molecule has 2 unspecified atom stereocenters. The Balaban J connectivity index is 1.56. The van der Waals surface area contributed by atoms with Gasteiger partial charge < -0.3 is 20.1 Å². The average molecular weight is 527 g/mol. The van der Waals surface area contributed by atoms with E-state index in [-0.39, 0.29) is 36.4 Å². The number of aromatic amines is 1. The van der Waals surface area contributed by atoms with Crippen LogP contribution >= 0.6 is 0 Å². The summed E-state index contributed by atoms with van der Waals surface area (Å²) in [5, 5.41) is 14.2. The summed E-state index contributed by atoms with van der Waals surface area (Å²) in [4.78, 5) is 33.9. The van der Waals surface area contributed by atoms with Crippen LogP contribution in [0.3, 0.4) is 0 Å². The molecule has 3 amide bonds. The molecule has 3 N–H and O–H groups in total. The fourth-order valence-corrected chi connectivity index (χ4v) is 5.66. The molecule has 0 spiro atoms. The number of rotatable bonds is 9. The third-order valence-corrected chi connectivity index (χ3v) is 7.34. The number of hydrogen-bond acceptors (Lipinski definition) is 5. The summed E-state index contributed by atoms with van der Waals surface area (Å²) >= 11 is 0. The van der Waals surface area contributed by atoms with Crippen LogP contribution in [0.25, 0.3) is 10.9 Å². The van der Waals surface area contributed by atoms with Crippen LogP contribution < -0.4 is 10.1 Å². The second-order valence-electron chi connectivity index (χ2n) is 10.6. The zero-order chi connectivity index (χ0) is 27.2. The van der Waals surface area contributed by atoms with Crippen molar-refractivity contribution in [2.75, 3.05) is 19.6 Å². The highest BCUT2D eigenvalue weighted by Gasteiger charge is 2.60. The molecule has 3 heterocycles. The largest absolute Gasteiger partial charge is 0.508 e. The van der Waals surface area contributed by atoms with Crippen molar-refractivity contribution in [3.63, 3.8) is 0 Å². The normalized spacial score (nSPS) is 21.1. The molecule has 0 saturated carbocycles. The maximum Gasteiger partial charge on any atom is 0.387 e. The van der Waals surface area contributed by atoms with Gasteiger partial charge in [-0.15, -0.1) is 0 Å². The van der Waals surface area contributed by atoms with Gasteiger partial charge in [0.1, 0.15) is 23.1 Å². The third kappa shape index (κ3) is 4.47. The molecule has 0 aliphatic carbocycles. The SMILES string of the molecule is CC(C)CNCCCN1C(=O)N2C(c3cccc(O)c3)c3[nH]c4ccc(OC(F)F)cc4c3CC2(C)C1=O. The number of nitrogens with zero attached hydrogens (tertiary/aromatic N) is 2. The first-order chi connectivity index (χ1) is 18.1. The lowest BCUT2D eigenvalue weighted by molar-refractivity contribution is -0.133. The van der Waals surface area contributed by atoms with Crippen LogP contribution in [0, 0.1) is 5.92 Å². The number of carbonyl (C=O) groups excluding carboxylic acids is 2. The molecular formula is C28H32F2N4O4. The molecule has 202 valence electrons. The van der Waals surface area contributed by atoms with Crippen LogP contribution in [-0.4, -0.2) is 63.6 Å². The van der Waals surface area contributed by atoms with Crippen molar-refractivity contribution in [3.8, 4) is 11.5 Å². The number of imide groups is 1. The summed E-state index contributed by atoms with van der Waals surface area (Å²) in [7, 11) is 0. The van der Waals surface area contributed by atoms with Crippen molar-refractivity contribution in [3.05, 3.63) is 59.3 Å². The summed E-state index contributed by atoms with van der Waals surface area (Å²) in [5.74, 6) is 0.249. The Hall–Kier alpha value is -3.66. The minimum absolute atomic E-state index is 0.0140. The Labute approximate surface area is 219 Å². The number of hydrogen-bond donors (Lipinski definition) is 3. The molecular weight excluding hydrogens is 494 g/mol. The molecule has 1 aromatic heterocycles. The lowest BCUT2D eigenvalue weighted by atomic mass is 9.81. The van der Waals surface area contributed by atoms with Crippen molar-refractivity contribution in [2.24, 2.45) is 5.92 Å². The average Bonchev–Trinajstić information content (AvgIpc) is 3.29. The summed E-state index contributed by atoms with van der Waals surface area (Å²) in [6.07, 6.45) is 0.829. The number of aromatic nitrogens is 1. The van der Waals surface area contributed by atoms with E-state index >= 15 is 0 Å². The van der Waals surface area contributed by atoms with E-state index in [0.717, 1.165) is 12.1 Å². The third-order valence-electron chi connectivity index (χ3n) is 7.34. The fourth-order valence-electron chi connectivity index (χ4n) is 5.66. The number of aromatic hydroxyl groups is 1. The van der Waals surface area contributed by atoms with Crippen molar-refractivity contribution >= 4 is 22.8 Å². The monoisotopic (exact) mass is 526 g/mol. The Kier molecular flexibility index (Phi) is 6.77. The molecule has 3 aromatic rings. The van der Waals surface area contributed by atoms with Crippen LogP contribution in [0.4, 0.5) is 13.6 Å². The van der Waals surface area contributed by atoms with Gasteiger partial charge in [0.05, 0.1) is 0 Å². The zero-order valence-electron chi connectivity index (χ0n) is 21.6. The van der Waals surface area contributed by atoms with Crippen LogP contribution in [0.5, 0.6) is 11.5 Å². The zero-order valence-corrected chi connectivity index (χ0v) is 21.6. The standard InChI is InChI=1S/C28H32F2N4O4/c1-16(2)15-31-10-5-11-33-25(36)28(3)14-21-20-13-19(38-26(29)30)8-9-22(20)32-23(21)24(34(28)27(33)37)17-6-4-7-18(35)12-17/h4,6-9,12-13,16,24,26,31-32,35H,5,10-11,14-15H2,1-3H3. The fraction of sp³-hybridized carbons (Fsp3) is 0.429. The van der Waals surface area contributed by atoms with E-state index in [1.807, 2.05) is 0 Å². The molecule has 2 atom stereocenters. The topological polar surface area (TPSA) is 97.9 Å². The van der Waals surface area contributed by atoms with E-state index < -0.39 is 18.2 Å². The van der Waals surface area contributed by atoms with Gasteiger partial charge in [0, 0.05) is 29.6 Å². The first-order valence-corrected chi connectivity index (χ1v) is 12.8.